The Balaban J connectivity index is 1.72. The van der Waals surface area contributed by atoms with Gasteiger partial charge in [-0.15, -0.1) is 0 Å². The van der Waals surface area contributed by atoms with Crippen molar-refractivity contribution in [1.82, 2.24) is 14.8 Å². The Hall–Kier alpha value is -1.68. The fourth-order valence-corrected chi connectivity index (χ4v) is 3.49. The van der Waals surface area contributed by atoms with E-state index in [0.29, 0.717) is 11.8 Å². The second-order valence-electron chi connectivity index (χ2n) is 6.04. The average molecular weight is 284 g/mol. The number of nitrogens with two attached hydrogens (primary N) is 1. The van der Waals surface area contributed by atoms with Crippen LogP contribution in [0.15, 0.2) is 36.7 Å². The third-order valence-electron chi connectivity index (χ3n) is 4.75. The lowest BCUT2D eigenvalue weighted by atomic mass is 9.74. The highest BCUT2D eigenvalue weighted by Gasteiger charge is 2.30. The van der Waals surface area contributed by atoms with Gasteiger partial charge in [0.15, 0.2) is 0 Å². The molecule has 3 rings (SSSR count). The molecule has 0 radical (unpaired) electrons. The molecule has 3 atom stereocenters. The fraction of sp³-hybridized carbons (Fsp3) is 0.529. The first-order valence-electron chi connectivity index (χ1n) is 7.95. The third kappa shape index (κ3) is 3.16. The normalized spacial score (nSPS) is 25.9. The van der Waals surface area contributed by atoms with Crippen LogP contribution < -0.4 is 5.73 Å². The van der Waals surface area contributed by atoms with Crippen LogP contribution in [0.2, 0.25) is 0 Å². The zero-order chi connectivity index (χ0) is 14.7. The van der Waals surface area contributed by atoms with Crippen LogP contribution in [0.3, 0.4) is 0 Å². The molecule has 2 aromatic rings. The summed E-state index contributed by atoms with van der Waals surface area (Å²) >= 11 is 0. The molecule has 1 aromatic heterocycles. The first-order chi connectivity index (χ1) is 10.3. The molecule has 0 bridgehead atoms. The van der Waals surface area contributed by atoms with Crippen molar-refractivity contribution in [3.05, 3.63) is 48.0 Å². The van der Waals surface area contributed by atoms with E-state index in [0.717, 1.165) is 31.6 Å². The predicted octanol–water partition coefficient (Wildman–Crippen LogP) is 2.75. The Kier molecular flexibility index (Phi) is 4.34. The smallest absolute Gasteiger partial charge is 0.138 e. The highest BCUT2D eigenvalue weighted by atomic mass is 15.3. The second-order valence-corrected chi connectivity index (χ2v) is 6.04. The van der Waals surface area contributed by atoms with Crippen LogP contribution in [0.5, 0.6) is 0 Å². The third-order valence-corrected chi connectivity index (χ3v) is 4.75. The zero-order valence-electron chi connectivity index (χ0n) is 12.7. The minimum absolute atomic E-state index is 0.284. The Morgan fingerprint density at radius 1 is 1.24 bits per heavy atom. The number of aryl methyl sites for hydroxylation is 1. The van der Waals surface area contributed by atoms with Gasteiger partial charge in [-0.05, 0) is 43.6 Å². The van der Waals surface area contributed by atoms with Gasteiger partial charge in [0, 0.05) is 19.0 Å². The lowest BCUT2D eigenvalue weighted by Crippen LogP contribution is -2.37. The van der Waals surface area contributed by atoms with E-state index in [1.807, 2.05) is 4.68 Å². The van der Waals surface area contributed by atoms with Crippen molar-refractivity contribution in [1.29, 1.82) is 0 Å². The summed E-state index contributed by atoms with van der Waals surface area (Å²) in [6.07, 6.45) is 6.05. The maximum atomic E-state index is 6.37. The van der Waals surface area contributed by atoms with Gasteiger partial charge in [0.05, 0.1) is 0 Å². The Morgan fingerprint density at radius 3 is 2.81 bits per heavy atom. The lowest BCUT2D eigenvalue weighted by molar-refractivity contribution is 0.271. The molecule has 3 unspecified atom stereocenters. The van der Waals surface area contributed by atoms with Crippen molar-refractivity contribution < 1.29 is 0 Å². The van der Waals surface area contributed by atoms with E-state index in [1.165, 1.54) is 12.0 Å². The van der Waals surface area contributed by atoms with E-state index in [-0.39, 0.29) is 6.04 Å². The number of rotatable bonds is 4. The minimum Gasteiger partial charge on any atom is -0.327 e. The molecule has 2 N–H and O–H groups in total. The van der Waals surface area contributed by atoms with Gasteiger partial charge in [-0.1, -0.05) is 30.3 Å². The SMILES string of the molecule is CCn1ncnc1CC1CC(c2ccccc2)CCC1N. The summed E-state index contributed by atoms with van der Waals surface area (Å²) in [5, 5.41) is 4.27. The van der Waals surface area contributed by atoms with E-state index in [2.05, 4.69) is 47.3 Å². The van der Waals surface area contributed by atoms with Gasteiger partial charge in [-0.2, -0.15) is 5.10 Å². The second kappa shape index (κ2) is 6.39. The van der Waals surface area contributed by atoms with Crippen molar-refractivity contribution >= 4 is 0 Å². The monoisotopic (exact) mass is 284 g/mol. The maximum absolute atomic E-state index is 6.37. The molecule has 4 heteroatoms. The predicted molar refractivity (Wildman–Crippen MR) is 83.9 cm³/mol. The number of benzene rings is 1. The Bertz CT molecular complexity index is 563. The molecule has 112 valence electrons. The highest BCUT2D eigenvalue weighted by molar-refractivity contribution is 5.20. The molecule has 1 aliphatic rings. The van der Waals surface area contributed by atoms with E-state index in [1.54, 1.807) is 6.33 Å². The molecule has 1 aromatic carbocycles. The summed E-state index contributed by atoms with van der Waals surface area (Å²) in [6, 6.07) is 11.1. The molecule has 1 heterocycles. The van der Waals surface area contributed by atoms with Crippen LogP contribution in [0.1, 0.15) is 43.5 Å². The van der Waals surface area contributed by atoms with Crippen molar-refractivity contribution in [3.63, 3.8) is 0 Å². The summed E-state index contributed by atoms with van der Waals surface area (Å²) in [5.74, 6) is 2.21. The lowest BCUT2D eigenvalue weighted by Gasteiger charge is -2.34. The van der Waals surface area contributed by atoms with Crippen molar-refractivity contribution in [2.75, 3.05) is 0 Å². The summed E-state index contributed by atoms with van der Waals surface area (Å²) in [6.45, 7) is 2.98. The summed E-state index contributed by atoms with van der Waals surface area (Å²) in [4.78, 5) is 4.41. The molecule has 21 heavy (non-hydrogen) atoms. The van der Waals surface area contributed by atoms with Crippen LogP contribution in [0.25, 0.3) is 0 Å². The molecule has 1 saturated carbocycles. The molecule has 1 aliphatic carbocycles. The number of nitrogens with zero attached hydrogens (tertiary/aromatic N) is 3. The largest absolute Gasteiger partial charge is 0.327 e. The van der Waals surface area contributed by atoms with E-state index in [9.17, 15) is 0 Å². The van der Waals surface area contributed by atoms with Crippen LogP contribution in [-0.2, 0) is 13.0 Å². The van der Waals surface area contributed by atoms with Gasteiger partial charge < -0.3 is 5.73 Å². The van der Waals surface area contributed by atoms with E-state index >= 15 is 0 Å². The summed E-state index contributed by atoms with van der Waals surface area (Å²) < 4.78 is 1.98. The van der Waals surface area contributed by atoms with Gasteiger partial charge in [0.1, 0.15) is 12.2 Å². The van der Waals surface area contributed by atoms with Crippen LogP contribution >= 0.6 is 0 Å². The van der Waals surface area contributed by atoms with E-state index < -0.39 is 0 Å². The minimum atomic E-state index is 0.284. The maximum Gasteiger partial charge on any atom is 0.138 e. The number of hydrogen-bond donors (Lipinski definition) is 1. The first-order valence-corrected chi connectivity index (χ1v) is 7.95. The average Bonchev–Trinajstić information content (AvgIpc) is 2.97. The Labute approximate surface area is 126 Å². The van der Waals surface area contributed by atoms with Crippen LogP contribution in [0.4, 0.5) is 0 Å². The molecule has 0 aliphatic heterocycles. The number of aromatic nitrogens is 3. The first kappa shape index (κ1) is 14.3. The summed E-state index contributed by atoms with van der Waals surface area (Å²) in [7, 11) is 0. The molecule has 1 fully saturated rings. The van der Waals surface area contributed by atoms with Gasteiger partial charge >= 0.3 is 0 Å². The molecule has 0 spiro atoms. The van der Waals surface area contributed by atoms with Crippen molar-refractivity contribution in [3.8, 4) is 0 Å². The summed E-state index contributed by atoms with van der Waals surface area (Å²) in [5.41, 5.74) is 7.82. The van der Waals surface area contributed by atoms with Gasteiger partial charge in [-0.3, -0.25) is 4.68 Å². The quantitative estimate of drug-likeness (QED) is 0.939. The zero-order valence-corrected chi connectivity index (χ0v) is 12.7. The van der Waals surface area contributed by atoms with E-state index in [4.69, 9.17) is 5.73 Å². The standard InChI is InChI=1S/C17H24N4/c1-2-21-17(19-12-20-21)11-15-10-14(8-9-16(15)18)13-6-4-3-5-7-13/h3-7,12,14-16H,2,8-11,18H2,1H3. The fourth-order valence-electron chi connectivity index (χ4n) is 3.49. The molecule has 0 amide bonds. The van der Waals surface area contributed by atoms with Crippen molar-refractivity contribution in [2.24, 2.45) is 11.7 Å². The highest BCUT2D eigenvalue weighted by Crippen LogP contribution is 2.36. The van der Waals surface area contributed by atoms with Crippen molar-refractivity contribution in [2.45, 2.75) is 51.1 Å². The molecule has 4 nitrogen and oxygen atoms in total. The molecule has 0 saturated heterocycles. The topological polar surface area (TPSA) is 56.7 Å². The van der Waals surface area contributed by atoms with Crippen LogP contribution in [0, 0.1) is 5.92 Å². The molecular formula is C17H24N4. The van der Waals surface area contributed by atoms with Gasteiger partial charge in [0.25, 0.3) is 0 Å². The Morgan fingerprint density at radius 2 is 2.05 bits per heavy atom. The molecular weight excluding hydrogens is 260 g/mol. The van der Waals surface area contributed by atoms with Gasteiger partial charge in [0.2, 0.25) is 0 Å². The number of hydrogen-bond acceptors (Lipinski definition) is 3. The van der Waals surface area contributed by atoms with Crippen LogP contribution in [-0.4, -0.2) is 20.8 Å². The van der Waals surface area contributed by atoms with Gasteiger partial charge in [-0.25, -0.2) is 4.98 Å².